The summed E-state index contributed by atoms with van der Waals surface area (Å²) in [6, 6.07) is 2.54. The standard InChI is InChI=1S/C10H8Cl2F2O3/c1-16-8(15)3-5-2-6(11)4-7(9(5)12)17-10(13)14/h2,4,10H,3H2,1H3. The monoisotopic (exact) mass is 284 g/mol. The number of carbonyl (C=O) groups excluding carboxylic acids is 1. The van der Waals surface area contributed by atoms with Crippen molar-refractivity contribution in [2.45, 2.75) is 13.0 Å². The zero-order chi connectivity index (χ0) is 13.0. The zero-order valence-electron chi connectivity index (χ0n) is 8.68. The summed E-state index contributed by atoms with van der Waals surface area (Å²) in [6.07, 6.45) is -0.171. The molecule has 0 N–H and O–H groups in total. The number of alkyl halides is 2. The van der Waals surface area contributed by atoms with Crippen LogP contribution >= 0.6 is 23.2 Å². The van der Waals surface area contributed by atoms with Gasteiger partial charge in [0.05, 0.1) is 18.6 Å². The molecule has 0 heterocycles. The highest BCUT2D eigenvalue weighted by Crippen LogP contribution is 2.33. The summed E-state index contributed by atoms with van der Waals surface area (Å²) < 4.78 is 32.8. The lowest BCUT2D eigenvalue weighted by Crippen LogP contribution is -2.07. The average molecular weight is 285 g/mol. The normalized spacial score (nSPS) is 10.5. The molecule has 0 unspecified atom stereocenters. The predicted molar refractivity (Wildman–Crippen MR) is 58.8 cm³/mol. The summed E-state index contributed by atoms with van der Waals surface area (Å²) >= 11 is 11.5. The molecule has 0 aliphatic rings. The van der Waals surface area contributed by atoms with Crippen LogP contribution in [0, 0.1) is 0 Å². The molecule has 0 amide bonds. The highest BCUT2D eigenvalue weighted by Gasteiger charge is 2.16. The summed E-state index contributed by atoms with van der Waals surface area (Å²) in [5.41, 5.74) is 0.265. The van der Waals surface area contributed by atoms with Gasteiger partial charge in [0.1, 0.15) is 5.75 Å². The molecule has 7 heteroatoms. The van der Waals surface area contributed by atoms with Crippen molar-refractivity contribution in [2.24, 2.45) is 0 Å². The molecule has 0 saturated heterocycles. The Kier molecular flexibility index (Phi) is 4.96. The van der Waals surface area contributed by atoms with Gasteiger partial charge < -0.3 is 9.47 Å². The molecule has 0 fully saturated rings. The van der Waals surface area contributed by atoms with E-state index < -0.39 is 12.6 Å². The maximum atomic E-state index is 12.1. The van der Waals surface area contributed by atoms with Crippen LogP contribution in [0.1, 0.15) is 5.56 Å². The van der Waals surface area contributed by atoms with Gasteiger partial charge >= 0.3 is 12.6 Å². The van der Waals surface area contributed by atoms with Crippen LogP contribution in [0.4, 0.5) is 8.78 Å². The Bertz CT molecular complexity index is 424. The fourth-order valence-corrected chi connectivity index (χ4v) is 1.61. The van der Waals surface area contributed by atoms with Crippen molar-refractivity contribution in [3.05, 3.63) is 27.7 Å². The van der Waals surface area contributed by atoms with Crippen LogP contribution in [0.2, 0.25) is 10.0 Å². The second kappa shape index (κ2) is 6.02. The highest BCUT2D eigenvalue weighted by molar-refractivity contribution is 6.35. The molecule has 3 nitrogen and oxygen atoms in total. The first-order chi connectivity index (χ1) is 7.93. The zero-order valence-corrected chi connectivity index (χ0v) is 10.2. The molecule has 0 aromatic heterocycles. The molecule has 1 aromatic carbocycles. The quantitative estimate of drug-likeness (QED) is 0.796. The molecule has 0 spiro atoms. The van der Waals surface area contributed by atoms with E-state index in [2.05, 4.69) is 9.47 Å². The predicted octanol–water partition coefficient (Wildman–Crippen LogP) is 3.31. The van der Waals surface area contributed by atoms with Crippen LogP contribution in [-0.2, 0) is 16.0 Å². The van der Waals surface area contributed by atoms with Gasteiger partial charge in [-0.15, -0.1) is 0 Å². The van der Waals surface area contributed by atoms with Crippen LogP contribution in [-0.4, -0.2) is 19.7 Å². The third kappa shape index (κ3) is 4.02. The molecule has 17 heavy (non-hydrogen) atoms. The number of halogens is 4. The fraction of sp³-hybridized carbons (Fsp3) is 0.300. The van der Waals surface area contributed by atoms with E-state index in [1.165, 1.54) is 13.2 Å². The molecule has 94 valence electrons. The number of hydrogen-bond donors (Lipinski definition) is 0. The Hall–Kier alpha value is -1.07. The van der Waals surface area contributed by atoms with Crippen molar-refractivity contribution in [2.75, 3.05) is 7.11 Å². The minimum atomic E-state index is -3.02. The Morgan fingerprint density at radius 2 is 2.06 bits per heavy atom. The van der Waals surface area contributed by atoms with Crippen molar-refractivity contribution in [1.82, 2.24) is 0 Å². The molecule has 0 aliphatic carbocycles. The van der Waals surface area contributed by atoms with Crippen LogP contribution in [0.25, 0.3) is 0 Å². The van der Waals surface area contributed by atoms with E-state index in [1.54, 1.807) is 0 Å². The first kappa shape index (κ1) is 14.0. The van der Waals surface area contributed by atoms with Crippen molar-refractivity contribution in [1.29, 1.82) is 0 Å². The van der Waals surface area contributed by atoms with E-state index in [1.807, 2.05) is 0 Å². The number of benzene rings is 1. The molecular weight excluding hydrogens is 277 g/mol. The Balaban J connectivity index is 3.05. The number of methoxy groups -OCH3 is 1. The topological polar surface area (TPSA) is 35.5 Å². The van der Waals surface area contributed by atoms with Gasteiger partial charge in [-0.2, -0.15) is 8.78 Å². The molecule has 0 atom stereocenters. The van der Waals surface area contributed by atoms with Crippen molar-refractivity contribution < 1.29 is 23.0 Å². The smallest absolute Gasteiger partial charge is 0.387 e. The number of rotatable bonds is 4. The first-order valence-electron chi connectivity index (χ1n) is 4.43. The second-order valence-corrected chi connectivity index (χ2v) is 3.82. The third-order valence-electron chi connectivity index (χ3n) is 1.86. The lowest BCUT2D eigenvalue weighted by molar-refractivity contribution is -0.139. The molecule has 1 aromatic rings. The van der Waals surface area contributed by atoms with Gasteiger partial charge in [0.2, 0.25) is 0 Å². The lowest BCUT2D eigenvalue weighted by Gasteiger charge is -2.10. The van der Waals surface area contributed by atoms with Gasteiger partial charge in [-0.25, -0.2) is 0 Å². The van der Waals surface area contributed by atoms with E-state index in [4.69, 9.17) is 23.2 Å². The molecule has 0 aliphatic heterocycles. The summed E-state index contributed by atoms with van der Waals surface area (Å²) in [5, 5.41) is 0.0593. The summed E-state index contributed by atoms with van der Waals surface area (Å²) in [6.45, 7) is -3.02. The largest absolute Gasteiger partial charge is 0.469 e. The third-order valence-corrected chi connectivity index (χ3v) is 2.51. The van der Waals surface area contributed by atoms with Gasteiger partial charge in [0.15, 0.2) is 0 Å². The lowest BCUT2D eigenvalue weighted by atomic mass is 10.1. The number of esters is 1. The van der Waals surface area contributed by atoms with Crippen molar-refractivity contribution in [3.8, 4) is 5.75 Å². The summed E-state index contributed by atoms with van der Waals surface area (Å²) in [4.78, 5) is 11.1. The first-order valence-corrected chi connectivity index (χ1v) is 5.19. The van der Waals surface area contributed by atoms with E-state index >= 15 is 0 Å². The summed E-state index contributed by atoms with van der Waals surface area (Å²) in [5.74, 6) is -0.828. The van der Waals surface area contributed by atoms with E-state index in [-0.39, 0.29) is 27.8 Å². The fourth-order valence-electron chi connectivity index (χ4n) is 1.16. The molecular formula is C10H8Cl2F2O3. The van der Waals surface area contributed by atoms with Crippen LogP contribution in [0.15, 0.2) is 12.1 Å². The molecule has 0 bridgehead atoms. The summed E-state index contributed by atoms with van der Waals surface area (Å²) in [7, 11) is 1.21. The Labute approximate surface area is 106 Å². The van der Waals surface area contributed by atoms with Gasteiger partial charge in [-0.05, 0) is 11.6 Å². The minimum Gasteiger partial charge on any atom is -0.469 e. The van der Waals surface area contributed by atoms with Gasteiger partial charge in [-0.1, -0.05) is 23.2 Å². The molecule has 0 saturated carbocycles. The second-order valence-electron chi connectivity index (χ2n) is 3.01. The SMILES string of the molecule is COC(=O)Cc1cc(Cl)cc(OC(F)F)c1Cl. The maximum absolute atomic E-state index is 12.1. The van der Waals surface area contributed by atoms with Gasteiger partial charge in [-0.3, -0.25) is 4.79 Å². The maximum Gasteiger partial charge on any atom is 0.387 e. The average Bonchev–Trinajstić information content (AvgIpc) is 2.23. The Morgan fingerprint density at radius 3 is 2.59 bits per heavy atom. The minimum absolute atomic E-state index is 0.0832. The van der Waals surface area contributed by atoms with Crippen molar-refractivity contribution >= 4 is 29.2 Å². The highest BCUT2D eigenvalue weighted by atomic mass is 35.5. The van der Waals surface area contributed by atoms with E-state index in [0.717, 1.165) is 6.07 Å². The van der Waals surface area contributed by atoms with E-state index in [0.29, 0.717) is 0 Å². The number of hydrogen-bond acceptors (Lipinski definition) is 3. The number of carbonyl (C=O) groups is 1. The molecule has 1 rings (SSSR count). The van der Waals surface area contributed by atoms with Crippen LogP contribution < -0.4 is 4.74 Å². The number of ether oxygens (including phenoxy) is 2. The van der Waals surface area contributed by atoms with Crippen LogP contribution in [0.3, 0.4) is 0 Å². The Morgan fingerprint density at radius 1 is 1.41 bits per heavy atom. The van der Waals surface area contributed by atoms with Gasteiger partial charge in [0, 0.05) is 11.1 Å². The molecule has 0 radical (unpaired) electrons. The van der Waals surface area contributed by atoms with E-state index in [9.17, 15) is 13.6 Å². The van der Waals surface area contributed by atoms with Crippen LogP contribution in [0.5, 0.6) is 5.75 Å². The van der Waals surface area contributed by atoms with Gasteiger partial charge in [0.25, 0.3) is 0 Å². The van der Waals surface area contributed by atoms with Crippen molar-refractivity contribution in [3.63, 3.8) is 0 Å².